The van der Waals surface area contributed by atoms with E-state index >= 15 is 0 Å². The van der Waals surface area contributed by atoms with Crippen molar-refractivity contribution < 1.29 is 28.6 Å². The molecule has 0 aliphatic carbocycles. The summed E-state index contributed by atoms with van der Waals surface area (Å²) in [5.41, 5.74) is 0. The van der Waals surface area contributed by atoms with E-state index in [1.165, 1.54) is 141 Å². The number of unbranched alkanes of at least 4 members (excludes halogenated alkanes) is 29. The zero-order valence-electron chi connectivity index (χ0n) is 43.0. The van der Waals surface area contributed by atoms with E-state index in [9.17, 15) is 14.4 Å². The van der Waals surface area contributed by atoms with Gasteiger partial charge in [-0.25, -0.2) is 0 Å². The third kappa shape index (κ3) is 51.9. The minimum atomic E-state index is -0.786. The van der Waals surface area contributed by atoms with Crippen LogP contribution in [0.1, 0.15) is 278 Å². The van der Waals surface area contributed by atoms with Crippen LogP contribution in [0.2, 0.25) is 0 Å². The molecule has 0 N–H and O–H groups in total. The Morgan fingerprint density at radius 3 is 0.938 bits per heavy atom. The zero-order valence-corrected chi connectivity index (χ0v) is 43.0. The van der Waals surface area contributed by atoms with E-state index < -0.39 is 6.10 Å². The zero-order chi connectivity index (χ0) is 47.2. The number of carbonyl (C=O) groups is 3. The molecule has 0 spiro atoms. The molecule has 0 rings (SSSR count). The van der Waals surface area contributed by atoms with Gasteiger partial charge in [-0.05, 0) is 103 Å². The Morgan fingerprint density at radius 2 is 0.569 bits per heavy atom. The number of hydrogen-bond acceptors (Lipinski definition) is 6. The van der Waals surface area contributed by atoms with Gasteiger partial charge in [-0.1, -0.05) is 216 Å². The molecule has 0 saturated carbocycles. The van der Waals surface area contributed by atoms with Gasteiger partial charge in [-0.2, -0.15) is 0 Å². The van der Waals surface area contributed by atoms with Crippen molar-refractivity contribution >= 4 is 17.9 Å². The smallest absolute Gasteiger partial charge is 0.306 e. The average molecular weight is 909 g/mol. The van der Waals surface area contributed by atoms with Gasteiger partial charge in [0.2, 0.25) is 0 Å². The third-order valence-electron chi connectivity index (χ3n) is 12.0. The van der Waals surface area contributed by atoms with Gasteiger partial charge in [0.15, 0.2) is 6.10 Å². The highest BCUT2D eigenvalue weighted by Gasteiger charge is 2.19. The highest BCUT2D eigenvalue weighted by atomic mass is 16.6. The monoisotopic (exact) mass is 909 g/mol. The summed E-state index contributed by atoms with van der Waals surface area (Å²) < 4.78 is 16.8. The Morgan fingerprint density at radius 1 is 0.308 bits per heavy atom. The molecule has 0 saturated heterocycles. The molecule has 0 bridgehead atoms. The van der Waals surface area contributed by atoms with E-state index in [1.54, 1.807) is 0 Å². The fourth-order valence-corrected chi connectivity index (χ4v) is 7.72. The summed E-state index contributed by atoms with van der Waals surface area (Å²) in [7, 11) is 0. The van der Waals surface area contributed by atoms with E-state index in [2.05, 4.69) is 81.5 Å². The molecule has 0 aromatic rings. The van der Waals surface area contributed by atoms with Crippen molar-refractivity contribution in [1.82, 2.24) is 0 Å². The van der Waals surface area contributed by atoms with Crippen molar-refractivity contribution in [2.45, 2.75) is 284 Å². The molecule has 376 valence electrons. The topological polar surface area (TPSA) is 78.9 Å². The van der Waals surface area contributed by atoms with Crippen LogP contribution in [0.4, 0.5) is 0 Å². The van der Waals surface area contributed by atoms with E-state index in [0.717, 1.165) is 96.3 Å². The molecule has 0 aromatic carbocycles. The molecule has 0 aliphatic rings. The van der Waals surface area contributed by atoms with Crippen LogP contribution in [0.15, 0.2) is 60.8 Å². The number of hydrogen-bond donors (Lipinski definition) is 0. The van der Waals surface area contributed by atoms with Crippen molar-refractivity contribution in [3.8, 4) is 0 Å². The van der Waals surface area contributed by atoms with Crippen molar-refractivity contribution in [1.29, 1.82) is 0 Å². The van der Waals surface area contributed by atoms with Crippen molar-refractivity contribution in [2.24, 2.45) is 0 Å². The molecule has 0 radical (unpaired) electrons. The number of esters is 3. The second kappa shape index (κ2) is 53.7. The molecular weight excluding hydrogens is 805 g/mol. The van der Waals surface area contributed by atoms with Gasteiger partial charge in [-0.15, -0.1) is 0 Å². The largest absolute Gasteiger partial charge is 0.462 e. The van der Waals surface area contributed by atoms with Gasteiger partial charge in [0.25, 0.3) is 0 Å². The standard InChI is InChI=1S/C59H104O6/c1-4-7-10-13-16-19-22-25-28-29-30-31-32-35-37-40-43-46-49-52-58(61)64-55-56(65-59(62)53-50-47-44-41-38-34-27-24-21-18-15-12-9-6-3)54-63-57(60)51-48-45-42-39-36-33-26-23-20-17-14-11-8-5-2/h15-16,18-19,23-28,56H,4-14,17,20-22,29-55H2,1-3H3/b18-15-,19-16-,26-23-,27-24-,28-25-/t56-/m1/s1. The van der Waals surface area contributed by atoms with Gasteiger partial charge >= 0.3 is 17.9 Å². The Labute approximate surface area is 402 Å². The van der Waals surface area contributed by atoms with Crippen LogP contribution >= 0.6 is 0 Å². The number of rotatable bonds is 50. The average Bonchev–Trinajstić information content (AvgIpc) is 3.30. The van der Waals surface area contributed by atoms with E-state index in [1.807, 2.05) is 0 Å². The maximum Gasteiger partial charge on any atom is 0.306 e. The van der Waals surface area contributed by atoms with Gasteiger partial charge in [0.1, 0.15) is 13.2 Å². The normalized spacial score (nSPS) is 12.5. The highest BCUT2D eigenvalue weighted by molar-refractivity contribution is 5.71. The predicted molar refractivity (Wildman–Crippen MR) is 279 cm³/mol. The third-order valence-corrected chi connectivity index (χ3v) is 12.0. The highest BCUT2D eigenvalue weighted by Crippen LogP contribution is 2.15. The lowest BCUT2D eigenvalue weighted by Crippen LogP contribution is -2.30. The minimum absolute atomic E-state index is 0.0842. The van der Waals surface area contributed by atoms with E-state index in [-0.39, 0.29) is 31.1 Å². The summed E-state index contributed by atoms with van der Waals surface area (Å²) in [4.78, 5) is 38.1. The summed E-state index contributed by atoms with van der Waals surface area (Å²) in [6, 6.07) is 0. The Balaban J connectivity index is 4.38. The lowest BCUT2D eigenvalue weighted by molar-refractivity contribution is -0.167. The fourth-order valence-electron chi connectivity index (χ4n) is 7.72. The minimum Gasteiger partial charge on any atom is -0.462 e. The molecule has 65 heavy (non-hydrogen) atoms. The maximum absolute atomic E-state index is 12.8. The second-order valence-corrected chi connectivity index (χ2v) is 18.5. The summed E-state index contributed by atoms with van der Waals surface area (Å²) in [6.07, 6.45) is 66.3. The van der Waals surface area contributed by atoms with Gasteiger partial charge in [-0.3, -0.25) is 14.4 Å². The first-order valence-electron chi connectivity index (χ1n) is 27.8. The molecule has 0 unspecified atom stereocenters. The molecule has 1 atom stereocenters. The van der Waals surface area contributed by atoms with E-state index in [4.69, 9.17) is 14.2 Å². The van der Waals surface area contributed by atoms with Crippen molar-refractivity contribution in [3.63, 3.8) is 0 Å². The Kier molecular flexibility index (Phi) is 51.3. The number of carbonyl (C=O) groups excluding carboxylic acids is 3. The second-order valence-electron chi connectivity index (χ2n) is 18.5. The van der Waals surface area contributed by atoms with Gasteiger partial charge in [0, 0.05) is 19.3 Å². The molecule has 0 fully saturated rings. The lowest BCUT2D eigenvalue weighted by Gasteiger charge is -2.18. The van der Waals surface area contributed by atoms with Crippen LogP contribution in [0.5, 0.6) is 0 Å². The van der Waals surface area contributed by atoms with Crippen LogP contribution in [0, 0.1) is 0 Å². The van der Waals surface area contributed by atoms with E-state index in [0.29, 0.717) is 19.3 Å². The maximum atomic E-state index is 12.8. The van der Waals surface area contributed by atoms with Crippen LogP contribution in [-0.2, 0) is 28.6 Å². The molecular formula is C59H104O6. The van der Waals surface area contributed by atoms with Crippen LogP contribution in [-0.4, -0.2) is 37.2 Å². The van der Waals surface area contributed by atoms with Crippen LogP contribution in [0.25, 0.3) is 0 Å². The van der Waals surface area contributed by atoms with Crippen molar-refractivity contribution in [2.75, 3.05) is 13.2 Å². The molecule has 0 amide bonds. The molecule has 6 nitrogen and oxygen atoms in total. The first kappa shape index (κ1) is 62.1. The number of allylic oxidation sites excluding steroid dienone is 10. The predicted octanol–water partition coefficient (Wildman–Crippen LogP) is 18.4. The van der Waals surface area contributed by atoms with Gasteiger partial charge < -0.3 is 14.2 Å². The molecule has 6 heteroatoms. The summed E-state index contributed by atoms with van der Waals surface area (Å²) in [5.74, 6) is -0.903. The Bertz CT molecular complexity index is 1180. The lowest BCUT2D eigenvalue weighted by atomic mass is 10.1. The van der Waals surface area contributed by atoms with Crippen LogP contribution in [0.3, 0.4) is 0 Å². The fraction of sp³-hybridized carbons (Fsp3) is 0.780. The Hall–Kier alpha value is -2.89. The molecule has 0 heterocycles. The summed E-state index contributed by atoms with van der Waals surface area (Å²) in [5, 5.41) is 0. The quantitative estimate of drug-likeness (QED) is 0.0262. The van der Waals surface area contributed by atoms with Crippen molar-refractivity contribution in [3.05, 3.63) is 60.8 Å². The molecule has 0 aliphatic heterocycles. The first-order chi connectivity index (χ1) is 32.0. The summed E-state index contributed by atoms with van der Waals surface area (Å²) in [6.45, 7) is 6.56. The first-order valence-corrected chi connectivity index (χ1v) is 27.8. The number of ether oxygens (including phenoxy) is 3. The van der Waals surface area contributed by atoms with Gasteiger partial charge in [0.05, 0.1) is 0 Å². The molecule has 0 aromatic heterocycles. The SMILES string of the molecule is CCCC/C=C\C/C=C\CCCCCCCC(=O)O[C@H](COC(=O)CCCCCCC/C=C\CCCCCCC)COC(=O)CCCCCCCCCCC/C=C\C/C=C\CCCCC. The van der Waals surface area contributed by atoms with Crippen LogP contribution < -0.4 is 0 Å². The summed E-state index contributed by atoms with van der Waals surface area (Å²) >= 11 is 0.